The smallest absolute Gasteiger partial charge is 0.347 e. The van der Waals surface area contributed by atoms with Gasteiger partial charge in [0.2, 0.25) is 10.0 Å². The number of hydrogen-bond acceptors (Lipinski definition) is 6. The molecule has 3 rings (SSSR count). The molecule has 0 radical (unpaired) electrons. The zero-order valence-corrected chi connectivity index (χ0v) is 14.6. The predicted molar refractivity (Wildman–Crippen MR) is 87.4 cm³/mol. The van der Waals surface area contributed by atoms with E-state index in [1.807, 2.05) is 0 Å². The molecule has 0 amide bonds. The molecule has 0 spiro atoms. The van der Waals surface area contributed by atoms with Crippen LogP contribution in [0.1, 0.15) is 18.9 Å². The molecule has 0 bridgehead atoms. The van der Waals surface area contributed by atoms with E-state index < -0.39 is 22.1 Å². The van der Waals surface area contributed by atoms with E-state index in [4.69, 9.17) is 9.47 Å². The molecular formula is C16H22N2O5S. The summed E-state index contributed by atoms with van der Waals surface area (Å²) in [5.41, 5.74) is 0.715. The molecule has 0 aliphatic carbocycles. The predicted octanol–water partition coefficient (Wildman–Crippen LogP) is 0.536. The van der Waals surface area contributed by atoms with Crippen molar-refractivity contribution in [3.8, 4) is 5.75 Å². The Labute approximate surface area is 142 Å². The zero-order valence-electron chi connectivity index (χ0n) is 13.8. The fourth-order valence-electron chi connectivity index (χ4n) is 3.06. The minimum absolute atomic E-state index is 0.0354. The lowest BCUT2D eigenvalue weighted by atomic mass is 10.1. The molecule has 8 heteroatoms. The third-order valence-electron chi connectivity index (χ3n) is 4.48. The summed E-state index contributed by atoms with van der Waals surface area (Å²) in [6.45, 7) is 3.51. The van der Waals surface area contributed by atoms with Gasteiger partial charge in [-0.15, -0.1) is 0 Å². The summed E-state index contributed by atoms with van der Waals surface area (Å²) in [6, 6.07) is 4.71. The van der Waals surface area contributed by atoms with Crippen molar-refractivity contribution >= 4 is 16.0 Å². The fourth-order valence-corrected chi connectivity index (χ4v) is 4.50. The number of likely N-dealkylation sites (N-methyl/N-ethyl adjacent to an activating group) is 1. The topological polar surface area (TPSA) is 84.9 Å². The number of fused-ring (bicyclic) bond motifs is 1. The highest BCUT2D eigenvalue weighted by Crippen LogP contribution is 2.32. The molecule has 1 saturated heterocycles. The van der Waals surface area contributed by atoms with Gasteiger partial charge < -0.3 is 14.8 Å². The number of ether oxygens (including phenoxy) is 2. The summed E-state index contributed by atoms with van der Waals surface area (Å²) in [6.07, 6.45) is 0.427. The SMILES string of the molecule is CCOC(=O)C1Cc2cc(S(=O)(=O)N(C)C3CCNC3)ccc2O1. The van der Waals surface area contributed by atoms with Gasteiger partial charge in [-0.25, -0.2) is 13.2 Å². The van der Waals surface area contributed by atoms with Gasteiger partial charge in [-0.05, 0) is 43.7 Å². The van der Waals surface area contributed by atoms with Crippen LogP contribution in [-0.4, -0.2) is 57.6 Å². The third-order valence-corrected chi connectivity index (χ3v) is 6.39. The highest BCUT2D eigenvalue weighted by Gasteiger charge is 2.34. The first kappa shape index (κ1) is 17.2. The first-order valence-electron chi connectivity index (χ1n) is 8.08. The van der Waals surface area contributed by atoms with Gasteiger partial charge in [-0.1, -0.05) is 0 Å². The standard InChI is InChI=1S/C16H22N2O5S/c1-3-22-16(19)15-9-11-8-13(4-5-14(11)23-15)24(20,21)18(2)12-6-7-17-10-12/h4-5,8,12,15,17H,3,6-7,9-10H2,1-2H3. The maximum Gasteiger partial charge on any atom is 0.347 e. The summed E-state index contributed by atoms with van der Waals surface area (Å²) in [7, 11) is -1.96. The number of nitrogens with zero attached hydrogens (tertiary/aromatic N) is 1. The van der Waals surface area contributed by atoms with Crippen LogP contribution in [0.3, 0.4) is 0 Å². The molecule has 2 unspecified atom stereocenters. The number of hydrogen-bond donors (Lipinski definition) is 1. The van der Waals surface area contributed by atoms with Crippen molar-refractivity contribution in [3.63, 3.8) is 0 Å². The molecule has 1 fully saturated rings. The number of benzene rings is 1. The minimum atomic E-state index is -3.57. The first-order valence-corrected chi connectivity index (χ1v) is 9.52. The number of esters is 1. The summed E-state index contributed by atoms with van der Waals surface area (Å²) >= 11 is 0. The lowest BCUT2D eigenvalue weighted by molar-refractivity contribution is -0.150. The van der Waals surface area contributed by atoms with Crippen LogP contribution < -0.4 is 10.1 Å². The normalized spacial score (nSPS) is 23.1. The Morgan fingerprint density at radius 3 is 2.92 bits per heavy atom. The van der Waals surface area contributed by atoms with Crippen LogP contribution in [0.4, 0.5) is 0 Å². The quantitative estimate of drug-likeness (QED) is 0.777. The molecule has 2 heterocycles. The Morgan fingerprint density at radius 1 is 1.46 bits per heavy atom. The van der Waals surface area contributed by atoms with Crippen LogP contribution in [0.2, 0.25) is 0 Å². The Morgan fingerprint density at radius 2 is 2.25 bits per heavy atom. The molecule has 1 aromatic rings. The van der Waals surface area contributed by atoms with E-state index in [1.165, 1.54) is 10.4 Å². The average Bonchev–Trinajstić information content (AvgIpc) is 3.22. The summed E-state index contributed by atoms with van der Waals surface area (Å²) in [5, 5.41) is 3.17. The van der Waals surface area contributed by atoms with Gasteiger partial charge in [0.05, 0.1) is 11.5 Å². The molecule has 0 saturated carbocycles. The lowest BCUT2D eigenvalue weighted by Gasteiger charge is -2.23. The molecule has 2 aliphatic heterocycles. The summed E-state index contributed by atoms with van der Waals surface area (Å²) in [5.74, 6) is 0.115. The van der Waals surface area contributed by atoms with E-state index >= 15 is 0 Å². The van der Waals surface area contributed by atoms with E-state index in [0.717, 1.165) is 13.0 Å². The minimum Gasteiger partial charge on any atom is -0.478 e. The maximum atomic E-state index is 12.8. The summed E-state index contributed by atoms with van der Waals surface area (Å²) in [4.78, 5) is 12.0. The largest absolute Gasteiger partial charge is 0.478 e. The molecule has 24 heavy (non-hydrogen) atoms. The van der Waals surface area contributed by atoms with Crippen LogP contribution in [0.15, 0.2) is 23.1 Å². The maximum absolute atomic E-state index is 12.8. The molecule has 132 valence electrons. The second-order valence-corrected chi connectivity index (χ2v) is 8.00. The van der Waals surface area contributed by atoms with Gasteiger partial charge in [-0.2, -0.15) is 4.31 Å². The van der Waals surface area contributed by atoms with Crippen molar-refractivity contribution in [3.05, 3.63) is 23.8 Å². The van der Waals surface area contributed by atoms with Gasteiger partial charge in [0.15, 0.2) is 6.10 Å². The van der Waals surface area contributed by atoms with E-state index in [2.05, 4.69) is 5.32 Å². The number of sulfonamides is 1. The second kappa shape index (κ2) is 6.70. The first-order chi connectivity index (χ1) is 11.4. The Hall–Kier alpha value is -1.64. The van der Waals surface area contributed by atoms with E-state index in [1.54, 1.807) is 26.1 Å². The Balaban J connectivity index is 1.80. The van der Waals surface area contributed by atoms with Crippen molar-refractivity contribution in [1.82, 2.24) is 9.62 Å². The van der Waals surface area contributed by atoms with Crippen molar-refractivity contribution < 1.29 is 22.7 Å². The van der Waals surface area contributed by atoms with Crippen LogP contribution in [0.5, 0.6) is 5.75 Å². The highest BCUT2D eigenvalue weighted by molar-refractivity contribution is 7.89. The van der Waals surface area contributed by atoms with Gasteiger partial charge in [-0.3, -0.25) is 0 Å². The number of carbonyl (C=O) groups is 1. The molecule has 2 aliphatic rings. The summed E-state index contributed by atoms with van der Waals surface area (Å²) < 4.78 is 37.5. The van der Waals surface area contributed by atoms with Gasteiger partial charge in [0, 0.05) is 26.1 Å². The average molecular weight is 354 g/mol. The van der Waals surface area contributed by atoms with Crippen molar-refractivity contribution in [2.75, 3.05) is 26.7 Å². The number of carbonyl (C=O) groups excluding carboxylic acids is 1. The Bertz CT molecular complexity index is 728. The van der Waals surface area contributed by atoms with Gasteiger partial charge in [0.1, 0.15) is 5.75 Å². The van der Waals surface area contributed by atoms with Gasteiger partial charge >= 0.3 is 5.97 Å². The molecular weight excluding hydrogens is 332 g/mol. The van der Waals surface area contributed by atoms with Gasteiger partial charge in [0.25, 0.3) is 0 Å². The van der Waals surface area contributed by atoms with Crippen molar-refractivity contribution in [2.45, 2.75) is 36.8 Å². The van der Waals surface area contributed by atoms with E-state index in [9.17, 15) is 13.2 Å². The van der Waals surface area contributed by atoms with Crippen LogP contribution in [0.25, 0.3) is 0 Å². The molecule has 2 atom stereocenters. The van der Waals surface area contributed by atoms with Crippen LogP contribution in [-0.2, 0) is 26.0 Å². The monoisotopic (exact) mass is 354 g/mol. The highest BCUT2D eigenvalue weighted by atomic mass is 32.2. The van der Waals surface area contributed by atoms with Crippen LogP contribution >= 0.6 is 0 Å². The molecule has 7 nitrogen and oxygen atoms in total. The van der Waals surface area contributed by atoms with Crippen molar-refractivity contribution in [2.24, 2.45) is 0 Å². The Kier molecular flexibility index (Phi) is 4.80. The van der Waals surface area contributed by atoms with E-state index in [-0.39, 0.29) is 17.5 Å². The van der Waals surface area contributed by atoms with Crippen LogP contribution in [0, 0.1) is 0 Å². The third kappa shape index (κ3) is 3.13. The molecule has 1 N–H and O–H groups in total. The number of nitrogens with one attached hydrogen (secondary N) is 1. The zero-order chi connectivity index (χ0) is 17.3. The number of rotatable bonds is 5. The van der Waals surface area contributed by atoms with Crippen molar-refractivity contribution in [1.29, 1.82) is 0 Å². The molecule has 1 aromatic carbocycles. The van der Waals surface area contributed by atoms with E-state index in [0.29, 0.717) is 24.3 Å². The fraction of sp³-hybridized carbons (Fsp3) is 0.562. The molecule has 0 aromatic heterocycles. The lowest BCUT2D eigenvalue weighted by Crippen LogP contribution is -2.38. The second-order valence-electron chi connectivity index (χ2n) is 6.00.